The highest BCUT2D eigenvalue weighted by atomic mass is 32.2. The number of carboxylic acid groups (broad SMARTS) is 1. The van der Waals surface area contributed by atoms with Crippen molar-refractivity contribution in [1.29, 1.82) is 0 Å². The molecule has 0 saturated carbocycles. The van der Waals surface area contributed by atoms with Crippen LogP contribution in [-0.4, -0.2) is 50.8 Å². The van der Waals surface area contributed by atoms with Gasteiger partial charge in [-0.2, -0.15) is 14.5 Å². The van der Waals surface area contributed by atoms with Crippen molar-refractivity contribution in [1.82, 2.24) is 24.3 Å². The third kappa shape index (κ3) is 2.56. The predicted octanol–water partition coefficient (Wildman–Crippen LogP) is -0.338. The largest absolute Gasteiger partial charge is 0.478 e. The van der Waals surface area contributed by atoms with Gasteiger partial charge in [0.1, 0.15) is 5.56 Å². The van der Waals surface area contributed by atoms with Crippen LogP contribution in [0.1, 0.15) is 15.9 Å². The van der Waals surface area contributed by atoms with Crippen molar-refractivity contribution in [3.63, 3.8) is 0 Å². The van der Waals surface area contributed by atoms with Crippen LogP contribution in [0.2, 0.25) is 0 Å². The fourth-order valence-electron chi connectivity index (χ4n) is 1.67. The summed E-state index contributed by atoms with van der Waals surface area (Å²) in [6, 6.07) is 0. The van der Waals surface area contributed by atoms with Crippen LogP contribution in [0.5, 0.6) is 0 Å². The van der Waals surface area contributed by atoms with Crippen molar-refractivity contribution >= 4 is 16.0 Å². The summed E-state index contributed by atoms with van der Waals surface area (Å²) in [5, 5.41) is 18.1. The minimum Gasteiger partial charge on any atom is -0.478 e. The van der Waals surface area contributed by atoms with Gasteiger partial charge in [0.15, 0.2) is 5.03 Å². The fourth-order valence-corrected chi connectivity index (χ4v) is 2.89. The van der Waals surface area contributed by atoms with Crippen LogP contribution in [0.4, 0.5) is 0 Å². The highest BCUT2D eigenvalue weighted by Crippen LogP contribution is 2.18. The Morgan fingerprint density at radius 1 is 1.50 bits per heavy atom. The number of hydrogen-bond donors (Lipinski definition) is 2. The van der Waals surface area contributed by atoms with Crippen molar-refractivity contribution in [3.05, 3.63) is 29.7 Å². The van der Waals surface area contributed by atoms with Gasteiger partial charge >= 0.3 is 5.97 Å². The minimum atomic E-state index is -3.96. The summed E-state index contributed by atoms with van der Waals surface area (Å²) in [6.45, 7) is 0.0776. The Bertz CT molecular complexity index is 732. The summed E-state index contributed by atoms with van der Waals surface area (Å²) in [7, 11) is -0.889. The number of nitrogens with zero attached hydrogens (tertiary/aromatic N) is 4. The van der Waals surface area contributed by atoms with Crippen molar-refractivity contribution in [2.45, 2.75) is 11.6 Å². The molecule has 2 aromatic rings. The van der Waals surface area contributed by atoms with Crippen LogP contribution >= 0.6 is 0 Å². The molecular weight excluding hydrogens is 286 g/mol. The second kappa shape index (κ2) is 5.06. The molecule has 108 valence electrons. The van der Waals surface area contributed by atoms with Gasteiger partial charge in [0.05, 0.1) is 12.4 Å². The molecule has 0 aliphatic carbocycles. The molecule has 0 radical (unpaired) electrons. The molecule has 2 aromatic heterocycles. The zero-order chi connectivity index (χ0) is 14.9. The molecule has 2 N–H and O–H groups in total. The number of carbonyl (C=O) groups is 1. The Kier molecular flexibility index (Phi) is 3.59. The maximum Gasteiger partial charge on any atom is 0.340 e. The number of rotatable bonds is 5. The van der Waals surface area contributed by atoms with Crippen molar-refractivity contribution < 1.29 is 18.3 Å². The molecule has 2 heterocycles. The predicted molar refractivity (Wildman–Crippen MR) is 67.4 cm³/mol. The Morgan fingerprint density at radius 2 is 2.20 bits per heavy atom. The van der Waals surface area contributed by atoms with Gasteiger partial charge in [-0.25, -0.2) is 13.2 Å². The smallest absolute Gasteiger partial charge is 0.340 e. The van der Waals surface area contributed by atoms with Crippen LogP contribution in [0, 0.1) is 0 Å². The van der Waals surface area contributed by atoms with Gasteiger partial charge in [-0.15, -0.1) is 0 Å². The molecule has 10 heteroatoms. The summed E-state index contributed by atoms with van der Waals surface area (Å²) in [4.78, 5) is 11.0. The van der Waals surface area contributed by atoms with Gasteiger partial charge in [0.2, 0.25) is 0 Å². The minimum absolute atomic E-state index is 0.0776. The lowest BCUT2D eigenvalue weighted by Gasteiger charge is -2.15. The standard InChI is InChI=1S/C10H13N5O4S/c1-14-5-7(3-12-14)6-15(2)20(18,19)9-8(10(16)17)4-11-13-9/h3-5H,6H2,1-2H3,(H,11,13)(H,16,17). The number of aromatic nitrogens is 4. The summed E-state index contributed by atoms with van der Waals surface area (Å²) < 4.78 is 27.2. The van der Waals surface area contributed by atoms with Gasteiger partial charge in [0, 0.05) is 32.4 Å². The average molecular weight is 299 g/mol. The van der Waals surface area contributed by atoms with E-state index < -0.39 is 21.0 Å². The topological polar surface area (TPSA) is 121 Å². The lowest BCUT2D eigenvalue weighted by atomic mass is 10.4. The normalized spacial score (nSPS) is 11.9. The van der Waals surface area contributed by atoms with Crippen LogP contribution in [0.25, 0.3) is 0 Å². The highest BCUT2D eigenvalue weighted by Gasteiger charge is 2.29. The van der Waals surface area contributed by atoms with Crippen molar-refractivity contribution in [2.75, 3.05) is 7.05 Å². The number of H-pyrrole nitrogens is 1. The number of nitrogens with one attached hydrogen (secondary N) is 1. The molecule has 9 nitrogen and oxygen atoms in total. The second-order valence-corrected chi connectivity index (χ2v) is 6.18. The van der Waals surface area contributed by atoms with Crippen LogP contribution < -0.4 is 0 Å². The molecule has 20 heavy (non-hydrogen) atoms. The molecule has 0 aliphatic heterocycles. The Hall–Kier alpha value is -2.20. The van der Waals surface area contributed by atoms with E-state index in [1.165, 1.54) is 13.2 Å². The Balaban J connectivity index is 2.30. The van der Waals surface area contributed by atoms with Gasteiger partial charge in [-0.05, 0) is 0 Å². The molecule has 0 unspecified atom stereocenters. The second-order valence-electron chi connectivity index (χ2n) is 4.20. The number of carboxylic acids is 1. The van der Waals surface area contributed by atoms with Gasteiger partial charge in [-0.1, -0.05) is 0 Å². The van der Waals surface area contributed by atoms with Crippen molar-refractivity contribution in [3.8, 4) is 0 Å². The average Bonchev–Trinajstić information content (AvgIpc) is 2.98. The van der Waals surface area contributed by atoms with Crippen LogP contribution in [0.15, 0.2) is 23.6 Å². The number of aromatic carboxylic acids is 1. The third-order valence-corrected chi connectivity index (χ3v) is 4.44. The molecule has 0 fully saturated rings. The first-order chi connectivity index (χ1) is 9.32. The molecule has 0 atom stereocenters. The van der Waals surface area contributed by atoms with E-state index in [0.717, 1.165) is 10.5 Å². The van der Waals surface area contributed by atoms with Gasteiger partial charge < -0.3 is 5.11 Å². The molecule has 0 spiro atoms. The molecular formula is C10H13N5O4S. The zero-order valence-corrected chi connectivity index (χ0v) is 11.6. The van der Waals surface area contributed by atoms with Crippen LogP contribution in [0.3, 0.4) is 0 Å². The van der Waals surface area contributed by atoms with Gasteiger partial charge in [0.25, 0.3) is 10.0 Å². The number of aryl methyl sites for hydroxylation is 1. The summed E-state index contributed by atoms with van der Waals surface area (Å²) in [6.07, 6.45) is 4.18. The van der Waals surface area contributed by atoms with E-state index in [0.29, 0.717) is 5.56 Å². The molecule has 0 aliphatic rings. The summed E-state index contributed by atoms with van der Waals surface area (Å²) in [5.74, 6) is -1.35. The first-order valence-electron chi connectivity index (χ1n) is 5.53. The molecule has 2 rings (SSSR count). The van der Waals surface area contributed by atoms with E-state index in [1.807, 2.05) is 0 Å². The maximum atomic E-state index is 12.3. The van der Waals surface area contributed by atoms with E-state index >= 15 is 0 Å². The molecule has 0 bridgehead atoms. The summed E-state index contributed by atoms with van der Waals surface area (Å²) >= 11 is 0. The Labute approximate surface area is 114 Å². The van der Waals surface area contributed by atoms with Crippen molar-refractivity contribution in [2.24, 2.45) is 7.05 Å². The molecule has 0 amide bonds. The maximum absolute atomic E-state index is 12.3. The molecule has 0 aromatic carbocycles. The van der Waals surface area contributed by atoms with Crippen LogP contribution in [-0.2, 0) is 23.6 Å². The lowest BCUT2D eigenvalue weighted by molar-refractivity contribution is 0.0692. The SMILES string of the molecule is CN(Cc1cnn(C)c1)S(=O)(=O)c1[nH]ncc1C(=O)O. The highest BCUT2D eigenvalue weighted by molar-refractivity contribution is 7.89. The lowest BCUT2D eigenvalue weighted by Crippen LogP contribution is -2.28. The number of sulfonamides is 1. The summed E-state index contributed by atoms with van der Waals surface area (Å²) in [5.41, 5.74) is 0.304. The van der Waals surface area contributed by atoms with E-state index in [2.05, 4.69) is 15.3 Å². The van der Waals surface area contributed by atoms with E-state index in [-0.39, 0.29) is 12.1 Å². The third-order valence-electron chi connectivity index (χ3n) is 2.67. The quantitative estimate of drug-likeness (QED) is 0.779. The Morgan fingerprint density at radius 3 is 2.75 bits per heavy atom. The van der Waals surface area contributed by atoms with Gasteiger partial charge in [-0.3, -0.25) is 9.78 Å². The molecule has 0 saturated heterocycles. The fraction of sp³-hybridized carbons (Fsp3) is 0.300. The monoisotopic (exact) mass is 299 g/mol. The first-order valence-corrected chi connectivity index (χ1v) is 6.97. The van der Waals surface area contributed by atoms with E-state index in [1.54, 1.807) is 17.9 Å². The first kappa shape index (κ1) is 14.2. The zero-order valence-electron chi connectivity index (χ0n) is 10.8. The number of aromatic amines is 1. The number of hydrogen-bond acceptors (Lipinski definition) is 5. The van der Waals surface area contributed by atoms with E-state index in [4.69, 9.17) is 5.11 Å². The van der Waals surface area contributed by atoms with E-state index in [9.17, 15) is 13.2 Å².